The Hall–Kier alpha value is -2.11. The summed E-state index contributed by atoms with van der Waals surface area (Å²) in [6.07, 6.45) is 3.08. The van der Waals surface area contributed by atoms with Crippen molar-refractivity contribution in [2.24, 2.45) is 0 Å². The van der Waals surface area contributed by atoms with Gasteiger partial charge >= 0.3 is 0 Å². The van der Waals surface area contributed by atoms with Crippen molar-refractivity contribution in [3.8, 4) is 5.75 Å². The Morgan fingerprint density at radius 1 is 1.46 bits per heavy atom. The first-order chi connectivity index (χ1) is 13.3. The van der Waals surface area contributed by atoms with E-state index >= 15 is 0 Å². The van der Waals surface area contributed by atoms with E-state index in [1.54, 1.807) is 37.3 Å². The van der Waals surface area contributed by atoms with E-state index in [1.807, 2.05) is 0 Å². The number of hydrogen-bond donors (Lipinski definition) is 1. The first-order valence-electron chi connectivity index (χ1n) is 8.31. The van der Waals surface area contributed by atoms with Crippen LogP contribution in [0.2, 0.25) is 0 Å². The van der Waals surface area contributed by atoms with Crippen molar-refractivity contribution in [2.45, 2.75) is 23.7 Å². The number of carbonyl (C=O) groups excluding carboxylic acids is 1. The fraction of sp³-hybridized carbons (Fsp3) is 0.353. The van der Waals surface area contributed by atoms with Crippen LogP contribution in [0.15, 0.2) is 41.3 Å². The minimum absolute atomic E-state index is 0.271. The fourth-order valence-electron chi connectivity index (χ4n) is 2.45. The lowest BCUT2D eigenvalue weighted by atomic mass is 10.2. The molecule has 0 unspecified atom stereocenters. The van der Waals surface area contributed by atoms with Crippen LogP contribution in [0, 0.1) is 0 Å². The zero-order valence-corrected chi connectivity index (χ0v) is 18.2. The number of sulfonamides is 1. The highest BCUT2D eigenvalue weighted by atomic mass is 32.2. The SMILES string of the molecule is C=CCSc1nnc(NC(=O)[C@H](CC)N(c2cccc(OC)c2)S(C)(=O)=O)s1. The van der Waals surface area contributed by atoms with Gasteiger partial charge in [0.1, 0.15) is 11.8 Å². The third-order valence-electron chi connectivity index (χ3n) is 3.60. The van der Waals surface area contributed by atoms with Gasteiger partial charge in [0.15, 0.2) is 4.34 Å². The number of anilines is 2. The van der Waals surface area contributed by atoms with E-state index in [1.165, 1.54) is 30.2 Å². The number of hydrogen-bond acceptors (Lipinski definition) is 8. The third-order valence-corrected chi connectivity index (χ3v) is 6.75. The second-order valence-corrected chi connectivity index (χ2v) is 9.75. The highest BCUT2D eigenvalue weighted by Crippen LogP contribution is 2.28. The smallest absolute Gasteiger partial charge is 0.250 e. The number of amides is 1. The number of nitrogens with zero attached hydrogens (tertiary/aromatic N) is 3. The summed E-state index contributed by atoms with van der Waals surface area (Å²) in [6.45, 7) is 5.39. The second kappa shape index (κ2) is 9.89. The second-order valence-electron chi connectivity index (χ2n) is 5.65. The molecule has 0 spiro atoms. The molecule has 1 aromatic heterocycles. The Morgan fingerprint density at radius 2 is 2.21 bits per heavy atom. The number of aromatic nitrogens is 2. The monoisotopic (exact) mass is 442 g/mol. The molecule has 28 heavy (non-hydrogen) atoms. The van der Waals surface area contributed by atoms with Crippen LogP contribution in [0.4, 0.5) is 10.8 Å². The maximum atomic E-state index is 12.9. The summed E-state index contributed by atoms with van der Waals surface area (Å²) < 4.78 is 31.9. The molecule has 1 aromatic carbocycles. The summed E-state index contributed by atoms with van der Waals surface area (Å²) >= 11 is 2.67. The van der Waals surface area contributed by atoms with E-state index in [2.05, 4.69) is 22.1 Å². The number of nitrogens with one attached hydrogen (secondary N) is 1. The summed E-state index contributed by atoms with van der Waals surface area (Å²) in [6, 6.07) is 5.62. The molecular formula is C17H22N4O4S3. The van der Waals surface area contributed by atoms with Crippen LogP contribution in [0.5, 0.6) is 5.75 Å². The minimum Gasteiger partial charge on any atom is -0.497 e. The molecule has 2 rings (SSSR count). The summed E-state index contributed by atoms with van der Waals surface area (Å²) in [7, 11) is -2.24. The lowest BCUT2D eigenvalue weighted by molar-refractivity contribution is -0.117. The number of benzene rings is 1. The molecule has 8 nitrogen and oxygen atoms in total. The molecule has 1 N–H and O–H groups in total. The van der Waals surface area contributed by atoms with Gasteiger partial charge in [-0.3, -0.25) is 14.4 Å². The Morgan fingerprint density at radius 3 is 2.82 bits per heavy atom. The molecule has 0 aliphatic rings. The molecular weight excluding hydrogens is 420 g/mol. The number of rotatable bonds is 10. The van der Waals surface area contributed by atoms with E-state index < -0.39 is 22.0 Å². The molecule has 0 fully saturated rings. The quantitative estimate of drug-likeness (QED) is 0.343. The van der Waals surface area contributed by atoms with Gasteiger partial charge < -0.3 is 4.74 Å². The zero-order chi connectivity index (χ0) is 20.7. The molecule has 1 amide bonds. The van der Waals surface area contributed by atoms with Gasteiger partial charge in [-0.2, -0.15) is 0 Å². The molecule has 0 aliphatic carbocycles. The molecule has 11 heteroatoms. The highest BCUT2D eigenvalue weighted by molar-refractivity contribution is 8.01. The van der Waals surface area contributed by atoms with Crippen LogP contribution >= 0.6 is 23.1 Å². The van der Waals surface area contributed by atoms with Crippen LogP contribution < -0.4 is 14.4 Å². The Balaban J connectivity index is 2.28. The third kappa shape index (κ3) is 5.69. The predicted molar refractivity (Wildman–Crippen MR) is 114 cm³/mol. The largest absolute Gasteiger partial charge is 0.497 e. The molecule has 0 bridgehead atoms. The van der Waals surface area contributed by atoms with Gasteiger partial charge in [-0.05, 0) is 18.6 Å². The van der Waals surface area contributed by atoms with E-state index in [-0.39, 0.29) is 6.42 Å². The molecule has 0 aliphatic heterocycles. The first kappa shape index (κ1) is 22.2. The van der Waals surface area contributed by atoms with Gasteiger partial charge in [0.2, 0.25) is 21.1 Å². The molecule has 0 saturated carbocycles. The predicted octanol–water partition coefficient (Wildman–Crippen LogP) is 3.01. The Labute approximate surface area is 173 Å². The van der Waals surface area contributed by atoms with Crippen LogP contribution in [-0.2, 0) is 14.8 Å². The number of methoxy groups -OCH3 is 1. The summed E-state index contributed by atoms with van der Waals surface area (Å²) in [5, 5.41) is 10.9. The average molecular weight is 443 g/mol. The number of carbonyl (C=O) groups is 1. The fourth-order valence-corrected chi connectivity index (χ4v) is 5.16. The molecule has 152 valence electrons. The molecule has 0 radical (unpaired) electrons. The Bertz CT molecular complexity index is 930. The van der Waals surface area contributed by atoms with Gasteiger partial charge in [0.05, 0.1) is 19.1 Å². The normalized spacial score (nSPS) is 12.2. The number of ether oxygens (including phenoxy) is 1. The lowest BCUT2D eigenvalue weighted by Gasteiger charge is -2.29. The van der Waals surface area contributed by atoms with Gasteiger partial charge in [0, 0.05) is 11.8 Å². The van der Waals surface area contributed by atoms with Crippen LogP contribution in [0.25, 0.3) is 0 Å². The molecule has 1 heterocycles. The number of thioether (sulfide) groups is 1. The van der Waals surface area contributed by atoms with E-state index in [9.17, 15) is 13.2 Å². The molecule has 2 aromatic rings. The van der Waals surface area contributed by atoms with Crippen molar-refractivity contribution >= 4 is 49.8 Å². The van der Waals surface area contributed by atoms with Gasteiger partial charge in [-0.1, -0.05) is 42.2 Å². The van der Waals surface area contributed by atoms with Crippen molar-refractivity contribution in [2.75, 3.05) is 28.7 Å². The van der Waals surface area contributed by atoms with Crippen molar-refractivity contribution in [3.63, 3.8) is 0 Å². The van der Waals surface area contributed by atoms with E-state index in [0.717, 1.165) is 10.6 Å². The van der Waals surface area contributed by atoms with E-state index in [4.69, 9.17) is 4.74 Å². The standard InChI is InChI=1S/C17H22N4O4S3/c1-5-10-26-17-20-19-16(27-17)18-15(22)14(6-2)21(28(4,23)24)12-8-7-9-13(11-12)25-3/h5,7-9,11,14H,1,6,10H2,2-4H3,(H,18,19,22)/t14-/m0/s1. The van der Waals surface area contributed by atoms with Crippen LogP contribution in [-0.4, -0.2) is 49.7 Å². The van der Waals surface area contributed by atoms with Crippen molar-refractivity contribution < 1.29 is 17.9 Å². The minimum atomic E-state index is -3.73. The van der Waals surface area contributed by atoms with E-state index in [0.29, 0.717) is 26.7 Å². The Kier molecular flexibility index (Phi) is 7.84. The maximum Gasteiger partial charge on any atom is 0.250 e. The van der Waals surface area contributed by atoms with Crippen LogP contribution in [0.1, 0.15) is 13.3 Å². The summed E-state index contributed by atoms with van der Waals surface area (Å²) in [5.41, 5.74) is 0.350. The summed E-state index contributed by atoms with van der Waals surface area (Å²) in [5.74, 6) is 0.694. The lowest BCUT2D eigenvalue weighted by Crippen LogP contribution is -2.47. The average Bonchev–Trinajstić information content (AvgIpc) is 3.10. The molecule has 1 atom stereocenters. The maximum absolute atomic E-state index is 12.9. The van der Waals surface area contributed by atoms with Crippen molar-refractivity contribution in [3.05, 3.63) is 36.9 Å². The first-order valence-corrected chi connectivity index (χ1v) is 12.0. The summed E-state index contributed by atoms with van der Waals surface area (Å²) in [4.78, 5) is 12.9. The topological polar surface area (TPSA) is 101 Å². The van der Waals surface area contributed by atoms with Gasteiger partial charge in [-0.15, -0.1) is 16.8 Å². The zero-order valence-electron chi connectivity index (χ0n) is 15.8. The van der Waals surface area contributed by atoms with Gasteiger partial charge in [-0.25, -0.2) is 8.42 Å². The van der Waals surface area contributed by atoms with Crippen molar-refractivity contribution in [1.82, 2.24) is 10.2 Å². The molecule has 0 saturated heterocycles. The highest BCUT2D eigenvalue weighted by Gasteiger charge is 2.32. The van der Waals surface area contributed by atoms with Crippen LogP contribution in [0.3, 0.4) is 0 Å². The van der Waals surface area contributed by atoms with Gasteiger partial charge in [0.25, 0.3) is 0 Å². The van der Waals surface area contributed by atoms with Crippen molar-refractivity contribution in [1.29, 1.82) is 0 Å².